The van der Waals surface area contributed by atoms with E-state index in [1.165, 1.54) is 31.5 Å². The number of nitrogens with zero attached hydrogens (tertiary/aromatic N) is 1. The van der Waals surface area contributed by atoms with Crippen molar-refractivity contribution in [2.75, 3.05) is 26.2 Å². The fraction of sp³-hybridized carbons (Fsp3) is 0.833. The van der Waals surface area contributed by atoms with E-state index >= 15 is 0 Å². The minimum atomic E-state index is 0.450. The SMILES string of the molecule is C=C1CNCC12CCN(C(C)C)CC2. The van der Waals surface area contributed by atoms with E-state index in [1.54, 1.807) is 0 Å². The predicted octanol–water partition coefficient (Wildman–Crippen LogP) is 1.64. The van der Waals surface area contributed by atoms with Gasteiger partial charge in [0.1, 0.15) is 0 Å². The zero-order valence-electron chi connectivity index (χ0n) is 9.47. The van der Waals surface area contributed by atoms with Crippen LogP contribution in [-0.4, -0.2) is 37.1 Å². The van der Waals surface area contributed by atoms with Gasteiger partial charge in [-0.15, -0.1) is 0 Å². The molecule has 2 rings (SSSR count). The number of hydrogen-bond acceptors (Lipinski definition) is 2. The summed E-state index contributed by atoms with van der Waals surface area (Å²) in [7, 11) is 0. The Morgan fingerprint density at radius 3 is 2.43 bits per heavy atom. The van der Waals surface area contributed by atoms with E-state index in [0.29, 0.717) is 11.5 Å². The van der Waals surface area contributed by atoms with E-state index in [0.717, 1.165) is 13.1 Å². The lowest BCUT2D eigenvalue weighted by molar-refractivity contribution is 0.116. The summed E-state index contributed by atoms with van der Waals surface area (Å²) >= 11 is 0. The van der Waals surface area contributed by atoms with Gasteiger partial charge in [-0.05, 0) is 39.8 Å². The van der Waals surface area contributed by atoms with Crippen LogP contribution in [0.15, 0.2) is 12.2 Å². The monoisotopic (exact) mass is 194 g/mol. The Labute approximate surface area is 87.4 Å². The van der Waals surface area contributed by atoms with E-state index in [1.807, 2.05) is 0 Å². The summed E-state index contributed by atoms with van der Waals surface area (Å²) < 4.78 is 0. The number of likely N-dealkylation sites (tertiary alicyclic amines) is 1. The van der Waals surface area contributed by atoms with Gasteiger partial charge in [0.25, 0.3) is 0 Å². The van der Waals surface area contributed by atoms with E-state index in [4.69, 9.17) is 0 Å². The van der Waals surface area contributed by atoms with Crippen LogP contribution in [0, 0.1) is 5.41 Å². The molecule has 0 unspecified atom stereocenters. The molecule has 0 aromatic rings. The lowest BCUT2D eigenvalue weighted by atomic mass is 9.75. The summed E-state index contributed by atoms with van der Waals surface area (Å²) in [4.78, 5) is 2.58. The number of hydrogen-bond donors (Lipinski definition) is 1. The fourth-order valence-corrected chi connectivity index (χ4v) is 2.76. The summed E-state index contributed by atoms with van der Waals surface area (Å²) in [5.74, 6) is 0. The highest BCUT2D eigenvalue weighted by atomic mass is 15.2. The quantitative estimate of drug-likeness (QED) is 0.638. The molecule has 2 fully saturated rings. The van der Waals surface area contributed by atoms with Crippen LogP contribution in [0.3, 0.4) is 0 Å². The van der Waals surface area contributed by atoms with Crippen molar-refractivity contribution in [1.29, 1.82) is 0 Å². The number of nitrogens with one attached hydrogen (secondary N) is 1. The summed E-state index contributed by atoms with van der Waals surface area (Å²) in [5.41, 5.74) is 1.90. The van der Waals surface area contributed by atoms with Crippen molar-refractivity contribution in [3.05, 3.63) is 12.2 Å². The molecular weight excluding hydrogens is 172 g/mol. The summed E-state index contributed by atoms with van der Waals surface area (Å²) in [6, 6.07) is 0.704. The molecule has 2 nitrogen and oxygen atoms in total. The minimum absolute atomic E-state index is 0.450. The Kier molecular flexibility index (Phi) is 2.67. The lowest BCUT2D eigenvalue weighted by Gasteiger charge is -2.41. The second-order valence-electron chi connectivity index (χ2n) is 5.12. The van der Waals surface area contributed by atoms with E-state index in [9.17, 15) is 0 Å². The highest BCUT2D eigenvalue weighted by molar-refractivity contribution is 5.19. The van der Waals surface area contributed by atoms with Gasteiger partial charge in [0, 0.05) is 24.5 Å². The number of rotatable bonds is 1. The van der Waals surface area contributed by atoms with Gasteiger partial charge in [0.05, 0.1) is 0 Å². The first kappa shape index (κ1) is 10.2. The predicted molar refractivity (Wildman–Crippen MR) is 60.4 cm³/mol. The van der Waals surface area contributed by atoms with Crippen molar-refractivity contribution in [2.45, 2.75) is 32.7 Å². The van der Waals surface area contributed by atoms with Crippen LogP contribution in [0.4, 0.5) is 0 Å². The Hall–Kier alpha value is -0.340. The van der Waals surface area contributed by atoms with Crippen LogP contribution in [0.1, 0.15) is 26.7 Å². The first-order valence-electron chi connectivity index (χ1n) is 5.77. The maximum absolute atomic E-state index is 4.22. The first-order chi connectivity index (χ1) is 6.64. The molecule has 0 radical (unpaired) electrons. The molecule has 2 heterocycles. The van der Waals surface area contributed by atoms with Crippen LogP contribution in [0.5, 0.6) is 0 Å². The molecule has 80 valence electrons. The second-order valence-corrected chi connectivity index (χ2v) is 5.12. The van der Waals surface area contributed by atoms with Gasteiger partial charge in [-0.1, -0.05) is 12.2 Å². The van der Waals surface area contributed by atoms with Gasteiger partial charge in [-0.2, -0.15) is 0 Å². The summed E-state index contributed by atoms with van der Waals surface area (Å²) in [6.07, 6.45) is 2.61. The molecule has 0 aromatic heterocycles. The summed E-state index contributed by atoms with van der Waals surface area (Å²) in [6.45, 7) is 13.5. The van der Waals surface area contributed by atoms with Crippen LogP contribution in [0.2, 0.25) is 0 Å². The Bertz CT molecular complexity index is 224. The Morgan fingerprint density at radius 1 is 1.36 bits per heavy atom. The normalized spacial score (nSPS) is 27.8. The Balaban J connectivity index is 1.98. The summed E-state index contributed by atoms with van der Waals surface area (Å²) in [5, 5.41) is 3.46. The molecule has 0 atom stereocenters. The van der Waals surface area contributed by atoms with E-state index in [-0.39, 0.29) is 0 Å². The molecule has 0 bridgehead atoms. The number of piperidine rings is 1. The zero-order valence-corrected chi connectivity index (χ0v) is 9.47. The third-order valence-electron chi connectivity index (χ3n) is 4.04. The smallest absolute Gasteiger partial charge is 0.0168 e. The molecule has 2 heteroatoms. The van der Waals surface area contributed by atoms with Crippen molar-refractivity contribution in [3.63, 3.8) is 0 Å². The molecule has 0 aromatic carbocycles. The Morgan fingerprint density at radius 2 is 2.00 bits per heavy atom. The van der Waals surface area contributed by atoms with Gasteiger partial charge >= 0.3 is 0 Å². The van der Waals surface area contributed by atoms with Crippen LogP contribution >= 0.6 is 0 Å². The van der Waals surface area contributed by atoms with Crippen molar-refractivity contribution in [1.82, 2.24) is 10.2 Å². The van der Waals surface area contributed by atoms with Crippen molar-refractivity contribution >= 4 is 0 Å². The molecule has 2 aliphatic heterocycles. The highest BCUT2D eigenvalue weighted by Gasteiger charge is 2.40. The van der Waals surface area contributed by atoms with Gasteiger partial charge in [-0.3, -0.25) is 0 Å². The van der Waals surface area contributed by atoms with E-state index in [2.05, 4.69) is 30.6 Å². The average molecular weight is 194 g/mol. The van der Waals surface area contributed by atoms with Crippen molar-refractivity contribution in [2.24, 2.45) is 5.41 Å². The van der Waals surface area contributed by atoms with Gasteiger partial charge in [0.15, 0.2) is 0 Å². The molecule has 1 spiro atoms. The van der Waals surface area contributed by atoms with Crippen LogP contribution < -0.4 is 5.32 Å². The third kappa shape index (κ3) is 1.61. The highest BCUT2D eigenvalue weighted by Crippen LogP contribution is 2.40. The zero-order chi connectivity index (χ0) is 10.2. The largest absolute Gasteiger partial charge is 0.312 e. The molecule has 14 heavy (non-hydrogen) atoms. The van der Waals surface area contributed by atoms with Crippen molar-refractivity contribution < 1.29 is 0 Å². The second kappa shape index (κ2) is 3.67. The van der Waals surface area contributed by atoms with E-state index < -0.39 is 0 Å². The topological polar surface area (TPSA) is 15.3 Å². The van der Waals surface area contributed by atoms with Crippen molar-refractivity contribution in [3.8, 4) is 0 Å². The maximum Gasteiger partial charge on any atom is 0.0168 e. The average Bonchev–Trinajstić information content (AvgIpc) is 2.49. The molecule has 0 aliphatic carbocycles. The first-order valence-corrected chi connectivity index (χ1v) is 5.77. The molecule has 1 N–H and O–H groups in total. The molecular formula is C12H22N2. The van der Waals surface area contributed by atoms with Gasteiger partial charge < -0.3 is 10.2 Å². The maximum atomic E-state index is 4.22. The fourth-order valence-electron chi connectivity index (χ4n) is 2.76. The van der Waals surface area contributed by atoms with Crippen LogP contribution in [0.25, 0.3) is 0 Å². The lowest BCUT2D eigenvalue weighted by Crippen LogP contribution is -2.44. The van der Waals surface area contributed by atoms with Crippen LogP contribution in [-0.2, 0) is 0 Å². The third-order valence-corrected chi connectivity index (χ3v) is 4.04. The van der Waals surface area contributed by atoms with Gasteiger partial charge in [-0.25, -0.2) is 0 Å². The molecule has 2 aliphatic rings. The minimum Gasteiger partial charge on any atom is -0.312 e. The molecule has 0 amide bonds. The molecule has 2 saturated heterocycles. The molecule has 0 saturated carbocycles. The van der Waals surface area contributed by atoms with Gasteiger partial charge in [0.2, 0.25) is 0 Å². The standard InChI is InChI=1S/C12H22N2/c1-10(2)14-6-4-12(5-7-14)9-13-8-11(12)3/h10,13H,3-9H2,1-2H3.